The minimum absolute atomic E-state index is 0.0744. The quantitative estimate of drug-likeness (QED) is 0.822. The summed E-state index contributed by atoms with van der Waals surface area (Å²) in [7, 11) is 0. The van der Waals surface area contributed by atoms with Crippen LogP contribution in [-0.2, 0) is 9.53 Å². The van der Waals surface area contributed by atoms with Crippen molar-refractivity contribution < 1.29 is 14.3 Å². The van der Waals surface area contributed by atoms with Crippen molar-refractivity contribution in [3.05, 3.63) is 23.8 Å². The number of nitrogens with zero attached hydrogens (tertiary/aromatic N) is 3. The van der Waals surface area contributed by atoms with Gasteiger partial charge in [0.2, 0.25) is 5.91 Å². The molecule has 1 N–H and O–H groups in total. The van der Waals surface area contributed by atoms with Gasteiger partial charge < -0.3 is 9.64 Å². The van der Waals surface area contributed by atoms with Crippen LogP contribution in [0, 0.1) is 5.92 Å². The Balaban J connectivity index is 1.47. The molecule has 2 saturated carbocycles. The number of anilines is 2. The van der Waals surface area contributed by atoms with E-state index in [1.165, 1.54) is 18.4 Å². The van der Waals surface area contributed by atoms with Crippen molar-refractivity contribution in [1.82, 2.24) is 10.4 Å². The molecule has 2 aliphatic heterocycles. The van der Waals surface area contributed by atoms with Crippen molar-refractivity contribution in [2.45, 2.75) is 70.6 Å². The van der Waals surface area contributed by atoms with E-state index in [9.17, 15) is 9.59 Å². The highest BCUT2D eigenvalue weighted by molar-refractivity contribution is 6.04. The Labute approximate surface area is 178 Å². The molecule has 7 nitrogen and oxygen atoms in total. The summed E-state index contributed by atoms with van der Waals surface area (Å²) in [5.74, 6) is 0.710. The summed E-state index contributed by atoms with van der Waals surface area (Å²) in [5.41, 5.74) is 6.37. The minimum atomic E-state index is -0.335. The molecular formula is C23H32N4O3. The Hall–Kier alpha value is -2.12. The summed E-state index contributed by atoms with van der Waals surface area (Å²) < 4.78 is 5.54. The zero-order valence-electron chi connectivity index (χ0n) is 18.1. The second-order valence-electron chi connectivity index (χ2n) is 9.57. The summed E-state index contributed by atoms with van der Waals surface area (Å²) in [6, 6.07) is 6.89. The maximum Gasteiger partial charge on any atom is 0.414 e. The maximum absolute atomic E-state index is 13.0. The average Bonchev–Trinajstić information content (AvgIpc) is 3.64. The van der Waals surface area contributed by atoms with Gasteiger partial charge in [0.15, 0.2) is 0 Å². The second kappa shape index (κ2) is 7.54. The van der Waals surface area contributed by atoms with Crippen molar-refractivity contribution in [2.24, 2.45) is 5.92 Å². The number of rotatable bonds is 4. The molecule has 1 saturated heterocycles. The summed E-state index contributed by atoms with van der Waals surface area (Å²) in [6.07, 6.45) is 3.97. The lowest BCUT2D eigenvalue weighted by atomic mass is 9.96. The van der Waals surface area contributed by atoms with Crippen molar-refractivity contribution in [1.29, 1.82) is 0 Å². The van der Waals surface area contributed by atoms with Gasteiger partial charge in [0.1, 0.15) is 0 Å². The monoisotopic (exact) mass is 412 g/mol. The molecule has 2 heterocycles. The lowest BCUT2D eigenvalue weighted by Gasteiger charge is -2.41. The summed E-state index contributed by atoms with van der Waals surface area (Å²) >= 11 is 0. The third-order valence-corrected chi connectivity index (χ3v) is 6.58. The number of fused-ring (bicyclic) bond motifs is 1. The van der Waals surface area contributed by atoms with Crippen LogP contribution >= 0.6 is 0 Å². The van der Waals surface area contributed by atoms with E-state index in [0.717, 1.165) is 37.3 Å². The van der Waals surface area contributed by atoms with Gasteiger partial charge in [0.25, 0.3) is 0 Å². The first-order chi connectivity index (χ1) is 14.4. The van der Waals surface area contributed by atoms with Crippen LogP contribution in [0.3, 0.4) is 0 Å². The average molecular weight is 413 g/mol. The third-order valence-electron chi connectivity index (χ3n) is 6.58. The molecule has 0 radical (unpaired) electrons. The SMILES string of the molecule is CC(C)OC(=O)N1C[C@H](C)N(C(=O)C2CC2)c2ccc(C3CNN(C4CC4)C3)cc21. The lowest BCUT2D eigenvalue weighted by Crippen LogP contribution is -2.52. The molecule has 5 rings (SSSR count). The molecule has 30 heavy (non-hydrogen) atoms. The fourth-order valence-electron chi connectivity index (χ4n) is 4.68. The van der Waals surface area contributed by atoms with Crippen LogP contribution in [0.15, 0.2) is 18.2 Å². The van der Waals surface area contributed by atoms with Gasteiger partial charge in [-0.1, -0.05) is 6.07 Å². The largest absolute Gasteiger partial charge is 0.446 e. The van der Waals surface area contributed by atoms with Crippen LogP contribution in [0.5, 0.6) is 0 Å². The number of amides is 2. The number of carbonyl (C=O) groups excluding carboxylic acids is 2. The predicted octanol–water partition coefficient (Wildman–Crippen LogP) is 3.25. The topological polar surface area (TPSA) is 65.1 Å². The Morgan fingerprint density at radius 2 is 1.87 bits per heavy atom. The van der Waals surface area contributed by atoms with E-state index in [4.69, 9.17) is 4.74 Å². The highest BCUT2D eigenvalue weighted by atomic mass is 16.6. The Bertz CT molecular complexity index is 849. The van der Waals surface area contributed by atoms with Crippen molar-refractivity contribution in [3.63, 3.8) is 0 Å². The number of nitrogens with one attached hydrogen (secondary N) is 1. The van der Waals surface area contributed by atoms with Crippen molar-refractivity contribution in [2.75, 3.05) is 29.4 Å². The molecule has 162 valence electrons. The van der Waals surface area contributed by atoms with E-state index >= 15 is 0 Å². The fraction of sp³-hybridized carbons (Fsp3) is 0.652. The molecule has 2 atom stereocenters. The van der Waals surface area contributed by atoms with Crippen LogP contribution < -0.4 is 15.2 Å². The molecule has 0 spiro atoms. The highest BCUT2D eigenvalue weighted by Gasteiger charge is 2.42. The summed E-state index contributed by atoms with van der Waals surface area (Å²) in [5, 5.41) is 2.36. The number of carbonyl (C=O) groups is 2. The van der Waals surface area contributed by atoms with Gasteiger partial charge in [-0.05, 0) is 64.2 Å². The van der Waals surface area contributed by atoms with E-state index in [0.29, 0.717) is 18.5 Å². The van der Waals surface area contributed by atoms with Gasteiger partial charge in [0.05, 0.1) is 23.5 Å². The molecule has 7 heteroatoms. The first kappa shape index (κ1) is 19.8. The molecule has 1 aromatic rings. The summed E-state index contributed by atoms with van der Waals surface area (Å²) in [6.45, 7) is 8.09. The molecule has 2 amide bonds. The zero-order chi connectivity index (χ0) is 21.0. The predicted molar refractivity (Wildman–Crippen MR) is 116 cm³/mol. The van der Waals surface area contributed by atoms with Crippen LogP contribution in [-0.4, -0.2) is 54.8 Å². The number of benzene rings is 1. The highest BCUT2D eigenvalue weighted by Crippen LogP contribution is 2.42. The van der Waals surface area contributed by atoms with Gasteiger partial charge >= 0.3 is 6.09 Å². The summed E-state index contributed by atoms with van der Waals surface area (Å²) in [4.78, 5) is 29.6. The van der Waals surface area contributed by atoms with Crippen LogP contribution in [0.4, 0.5) is 16.2 Å². The van der Waals surface area contributed by atoms with E-state index < -0.39 is 0 Å². The van der Waals surface area contributed by atoms with Crippen LogP contribution in [0.25, 0.3) is 0 Å². The molecule has 0 bridgehead atoms. The molecule has 1 unspecified atom stereocenters. The molecule has 4 aliphatic rings. The lowest BCUT2D eigenvalue weighted by molar-refractivity contribution is -0.120. The maximum atomic E-state index is 13.0. The van der Waals surface area contributed by atoms with Crippen molar-refractivity contribution in [3.8, 4) is 0 Å². The van der Waals surface area contributed by atoms with E-state index in [2.05, 4.69) is 22.6 Å². The van der Waals surface area contributed by atoms with Gasteiger partial charge in [-0.2, -0.15) is 0 Å². The Kier molecular flexibility index (Phi) is 4.98. The standard InChI is InChI=1S/C23H32N4O3/c1-14(2)30-23(29)25-12-15(3)27(22(28)16-4-5-16)20-9-6-17(10-21(20)25)18-11-24-26(13-18)19-7-8-19/h6,9-10,14-16,18-19,24H,4-5,7-8,11-13H2,1-3H3/t15-,18?/m0/s1. The van der Waals surface area contributed by atoms with E-state index in [-0.39, 0.29) is 30.1 Å². The van der Waals surface area contributed by atoms with E-state index in [1.54, 1.807) is 4.90 Å². The number of hydrogen-bond acceptors (Lipinski definition) is 5. The smallest absolute Gasteiger partial charge is 0.414 e. The fourth-order valence-corrected chi connectivity index (χ4v) is 4.68. The first-order valence-corrected chi connectivity index (χ1v) is 11.4. The molecule has 2 aliphatic carbocycles. The number of hydrogen-bond donors (Lipinski definition) is 1. The van der Waals surface area contributed by atoms with E-state index in [1.807, 2.05) is 31.7 Å². The van der Waals surface area contributed by atoms with Crippen molar-refractivity contribution >= 4 is 23.4 Å². The Morgan fingerprint density at radius 3 is 2.53 bits per heavy atom. The molecule has 1 aromatic carbocycles. The number of ether oxygens (including phenoxy) is 1. The Morgan fingerprint density at radius 1 is 1.10 bits per heavy atom. The first-order valence-electron chi connectivity index (χ1n) is 11.4. The second-order valence-corrected chi connectivity index (χ2v) is 9.57. The molecule has 3 fully saturated rings. The normalized spacial score (nSPS) is 26.8. The zero-order valence-corrected chi connectivity index (χ0v) is 18.1. The van der Waals surface area contributed by atoms with Crippen LogP contribution in [0.1, 0.15) is 57.9 Å². The number of hydrazine groups is 1. The van der Waals surface area contributed by atoms with Gasteiger partial charge in [-0.25, -0.2) is 9.80 Å². The molecule has 0 aromatic heterocycles. The molecular weight excluding hydrogens is 380 g/mol. The van der Waals surface area contributed by atoms with Gasteiger partial charge in [-0.15, -0.1) is 0 Å². The van der Waals surface area contributed by atoms with Gasteiger partial charge in [-0.3, -0.25) is 15.1 Å². The minimum Gasteiger partial charge on any atom is -0.446 e. The third kappa shape index (κ3) is 3.69. The van der Waals surface area contributed by atoms with Gasteiger partial charge in [0, 0.05) is 37.5 Å². The van der Waals surface area contributed by atoms with Crippen LogP contribution in [0.2, 0.25) is 0 Å².